The number of nitrogens with zero attached hydrogens (tertiary/aromatic N) is 1. The molecule has 4 rings (SSSR count). The van der Waals surface area contributed by atoms with E-state index >= 15 is 0 Å². The van der Waals surface area contributed by atoms with Gasteiger partial charge in [0.2, 0.25) is 0 Å². The number of benzene rings is 1. The Hall–Kier alpha value is -2.21. The Balaban J connectivity index is 1.68. The summed E-state index contributed by atoms with van der Waals surface area (Å²) < 4.78 is 23.9. The fraction of sp³-hybridized carbons (Fsp3) is 0.500. The van der Waals surface area contributed by atoms with Crippen LogP contribution in [0.3, 0.4) is 0 Å². The third kappa shape index (κ3) is 2.24. The zero-order chi connectivity index (χ0) is 18.9. The molecule has 0 saturated carbocycles. The number of ether oxygens (including phenoxy) is 2. The molecule has 3 atom stereocenters. The minimum atomic E-state index is -0.649. The number of carbonyl (C=O) groups is 2. The molecule has 138 valence electrons. The monoisotopic (exact) mass is 359 g/mol. The largest absolute Gasteiger partial charge is 0.466 e. The fourth-order valence-corrected chi connectivity index (χ4v) is 4.54. The molecule has 0 spiro atoms. The van der Waals surface area contributed by atoms with Crippen molar-refractivity contribution in [3.8, 4) is 0 Å². The minimum absolute atomic E-state index is 0.0409. The summed E-state index contributed by atoms with van der Waals surface area (Å²) in [5, 5.41) is 0. The maximum Gasteiger partial charge on any atom is 0.335 e. The molecule has 3 heterocycles. The lowest BCUT2D eigenvalue weighted by molar-refractivity contribution is -0.212. The summed E-state index contributed by atoms with van der Waals surface area (Å²) in [6, 6.07) is 5.92. The van der Waals surface area contributed by atoms with Crippen molar-refractivity contribution < 1.29 is 23.5 Å². The van der Waals surface area contributed by atoms with Gasteiger partial charge < -0.3 is 9.47 Å². The number of hydrogen-bond acceptors (Lipinski definition) is 5. The highest BCUT2D eigenvalue weighted by atomic mass is 19.1. The lowest BCUT2D eigenvalue weighted by Gasteiger charge is -2.65. The number of hydrogen-bond donors (Lipinski definition) is 0. The Kier molecular flexibility index (Phi) is 3.57. The summed E-state index contributed by atoms with van der Waals surface area (Å²) in [6.07, 6.45) is 1.15. The van der Waals surface area contributed by atoms with E-state index in [1.807, 2.05) is 20.8 Å². The van der Waals surface area contributed by atoms with E-state index in [1.54, 1.807) is 12.1 Å². The third-order valence-electron chi connectivity index (χ3n) is 5.52. The van der Waals surface area contributed by atoms with Gasteiger partial charge >= 0.3 is 11.9 Å². The molecule has 0 aromatic heterocycles. The lowest BCUT2D eigenvalue weighted by Crippen LogP contribution is -2.80. The van der Waals surface area contributed by atoms with Crippen molar-refractivity contribution in [3.63, 3.8) is 0 Å². The first-order valence-corrected chi connectivity index (χ1v) is 8.78. The first-order valence-electron chi connectivity index (χ1n) is 8.78. The van der Waals surface area contributed by atoms with E-state index in [9.17, 15) is 14.0 Å². The number of piperidine rings is 1. The van der Waals surface area contributed by atoms with E-state index in [1.165, 1.54) is 19.2 Å². The van der Waals surface area contributed by atoms with Crippen LogP contribution < -0.4 is 0 Å². The van der Waals surface area contributed by atoms with E-state index in [2.05, 4.69) is 4.90 Å². The quantitative estimate of drug-likeness (QED) is 0.777. The second kappa shape index (κ2) is 5.39. The van der Waals surface area contributed by atoms with Crippen LogP contribution in [0.1, 0.15) is 39.2 Å². The molecule has 3 unspecified atom stereocenters. The second-order valence-corrected chi connectivity index (χ2v) is 8.21. The van der Waals surface area contributed by atoms with E-state index < -0.39 is 11.1 Å². The summed E-state index contributed by atoms with van der Waals surface area (Å²) in [4.78, 5) is 27.2. The summed E-state index contributed by atoms with van der Waals surface area (Å²) in [5.74, 6) is -0.949. The average Bonchev–Trinajstić information content (AvgIpc) is 2.66. The standard InChI is InChI=1S/C20H22FNO4/c1-19(2,3)26-18(24)20-9-13-15(11-5-7-12(21)8-6-11)16(17(23)25-4)14(10-20)22(13)20/h5-8,13-14H,9-10H2,1-4H3. The van der Waals surface area contributed by atoms with Gasteiger partial charge in [0, 0.05) is 12.1 Å². The molecule has 6 heteroatoms. The van der Waals surface area contributed by atoms with Gasteiger partial charge in [0.05, 0.1) is 12.7 Å². The van der Waals surface area contributed by atoms with Crippen molar-refractivity contribution in [2.45, 2.75) is 56.8 Å². The van der Waals surface area contributed by atoms with Crippen molar-refractivity contribution >= 4 is 17.5 Å². The van der Waals surface area contributed by atoms with Crippen LogP contribution in [0.5, 0.6) is 0 Å². The summed E-state index contributed by atoms with van der Waals surface area (Å²) in [7, 11) is 1.35. The minimum Gasteiger partial charge on any atom is -0.466 e. The van der Waals surface area contributed by atoms with Crippen LogP contribution in [-0.2, 0) is 19.1 Å². The number of halogens is 1. The van der Waals surface area contributed by atoms with Crippen molar-refractivity contribution in [3.05, 3.63) is 41.2 Å². The highest BCUT2D eigenvalue weighted by Gasteiger charge is 2.74. The van der Waals surface area contributed by atoms with Crippen molar-refractivity contribution in [2.24, 2.45) is 0 Å². The SMILES string of the molecule is COC(=O)C1=C(c2ccc(F)cc2)C2CC3(C(=O)OC(C)(C)C)CC1N23. The van der Waals surface area contributed by atoms with Gasteiger partial charge in [-0.15, -0.1) is 0 Å². The molecule has 26 heavy (non-hydrogen) atoms. The van der Waals surface area contributed by atoms with E-state index in [4.69, 9.17) is 9.47 Å². The van der Waals surface area contributed by atoms with Crippen LogP contribution in [0.25, 0.3) is 5.57 Å². The average molecular weight is 359 g/mol. The number of rotatable bonds is 3. The number of esters is 2. The van der Waals surface area contributed by atoms with Gasteiger partial charge in [-0.05, 0) is 56.9 Å². The van der Waals surface area contributed by atoms with Crippen molar-refractivity contribution in [2.75, 3.05) is 7.11 Å². The molecule has 0 aliphatic carbocycles. The molecule has 3 aliphatic heterocycles. The van der Waals surface area contributed by atoms with Gasteiger partial charge in [-0.1, -0.05) is 12.1 Å². The van der Waals surface area contributed by atoms with Crippen LogP contribution in [0.2, 0.25) is 0 Å². The Morgan fingerprint density at radius 1 is 1.15 bits per heavy atom. The van der Waals surface area contributed by atoms with Crippen LogP contribution in [-0.4, -0.2) is 47.2 Å². The zero-order valence-electron chi connectivity index (χ0n) is 15.3. The summed E-state index contributed by atoms with van der Waals surface area (Å²) in [5.41, 5.74) is 1.02. The number of carbonyl (C=O) groups excluding carboxylic acids is 2. The van der Waals surface area contributed by atoms with Gasteiger partial charge in [0.1, 0.15) is 17.0 Å². The van der Waals surface area contributed by atoms with Crippen LogP contribution in [0.15, 0.2) is 29.8 Å². The maximum absolute atomic E-state index is 13.3. The van der Waals surface area contributed by atoms with Crippen LogP contribution >= 0.6 is 0 Å². The molecule has 0 amide bonds. The van der Waals surface area contributed by atoms with Gasteiger partial charge in [0.25, 0.3) is 0 Å². The molecular formula is C20H22FNO4. The van der Waals surface area contributed by atoms with Crippen LogP contribution in [0, 0.1) is 5.82 Å². The molecule has 3 aliphatic rings. The van der Waals surface area contributed by atoms with Gasteiger partial charge in [-0.3, -0.25) is 9.69 Å². The molecule has 5 nitrogen and oxygen atoms in total. The fourth-order valence-electron chi connectivity index (χ4n) is 4.54. The molecule has 0 N–H and O–H groups in total. The highest BCUT2D eigenvalue weighted by molar-refractivity contribution is 6.05. The molecule has 2 fully saturated rings. The molecule has 1 aromatic rings. The van der Waals surface area contributed by atoms with Gasteiger partial charge in [0.15, 0.2) is 0 Å². The van der Waals surface area contributed by atoms with Gasteiger partial charge in [-0.25, -0.2) is 9.18 Å². The smallest absolute Gasteiger partial charge is 0.335 e. The topological polar surface area (TPSA) is 55.8 Å². The predicted octanol–water partition coefficient (Wildman–Crippen LogP) is 2.69. The lowest BCUT2D eigenvalue weighted by atomic mass is 9.66. The normalized spacial score (nSPS) is 29.6. The zero-order valence-corrected chi connectivity index (χ0v) is 15.3. The first kappa shape index (κ1) is 17.2. The maximum atomic E-state index is 13.3. The van der Waals surface area contributed by atoms with E-state index in [0.29, 0.717) is 18.4 Å². The van der Waals surface area contributed by atoms with Gasteiger partial charge in [-0.2, -0.15) is 0 Å². The predicted molar refractivity (Wildman–Crippen MR) is 92.6 cm³/mol. The molecule has 0 bridgehead atoms. The summed E-state index contributed by atoms with van der Waals surface area (Å²) >= 11 is 0. The molecular weight excluding hydrogens is 337 g/mol. The third-order valence-corrected chi connectivity index (χ3v) is 5.52. The highest BCUT2D eigenvalue weighted by Crippen LogP contribution is 2.63. The number of methoxy groups -OCH3 is 1. The molecule has 0 radical (unpaired) electrons. The summed E-state index contributed by atoms with van der Waals surface area (Å²) in [6.45, 7) is 5.54. The second-order valence-electron chi connectivity index (χ2n) is 8.21. The first-order chi connectivity index (χ1) is 12.2. The Morgan fingerprint density at radius 2 is 1.77 bits per heavy atom. The molecule has 1 aromatic carbocycles. The van der Waals surface area contributed by atoms with Crippen molar-refractivity contribution in [1.29, 1.82) is 0 Å². The Morgan fingerprint density at radius 3 is 2.35 bits per heavy atom. The Bertz CT molecular complexity index is 823. The molecule has 2 saturated heterocycles. The Labute approximate surface area is 151 Å². The van der Waals surface area contributed by atoms with Crippen molar-refractivity contribution in [1.82, 2.24) is 4.90 Å². The van der Waals surface area contributed by atoms with E-state index in [0.717, 1.165) is 11.1 Å². The van der Waals surface area contributed by atoms with E-state index in [-0.39, 0.29) is 29.8 Å². The van der Waals surface area contributed by atoms with Crippen LogP contribution in [0.4, 0.5) is 4.39 Å².